The van der Waals surface area contributed by atoms with Crippen LogP contribution in [0.3, 0.4) is 0 Å². The van der Waals surface area contributed by atoms with E-state index in [-0.39, 0.29) is 23.1 Å². The van der Waals surface area contributed by atoms with Crippen LogP contribution < -0.4 is 10.6 Å². The molecule has 1 aliphatic heterocycles. The molecule has 5 heteroatoms. The third kappa shape index (κ3) is 2.29. The third-order valence-electron chi connectivity index (χ3n) is 2.75. The normalized spacial score (nSPS) is 24.2. The molecule has 0 bridgehead atoms. The van der Waals surface area contributed by atoms with Gasteiger partial charge < -0.3 is 10.6 Å². The zero-order valence-corrected chi connectivity index (χ0v) is 9.09. The quantitative estimate of drug-likeness (QED) is 0.812. The maximum atomic E-state index is 13.3. The van der Waals surface area contributed by atoms with Gasteiger partial charge in [0.05, 0.1) is 5.54 Å². The number of anilines is 1. The molecule has 0 saturated carbocycles. The second-order valence-corrected chi connectivity index (χ2v) is 4.30. The standard InChI is InChI=1S/C11H14FN3O/c1-11(5-4-9(16)15-11)7-14-10-8(12)3-2-6-13-10/h2-3,6H,4-5,7H2,1H3,(H,13,14)(H,15,16)/t11-/m0/s1. The molecule has 1 aromatic heterocycles. The number of aromatic nitrogens is 1. The maximum Gasteiger partial charge on any atom is 0.220 e. The number of amides is 1. The molecule has 1 atom stereocenters. The van der Waals surface area contributed by atoms with Crippen LogP contribution in [0.25, 0.3) is 0 Å². The average Bonchev–Trinajstić information content (AvgIpc) is 2.58. The van der Waals surface area contributed by atoms with E-state index in [1.54, 1.807) is 6.07 Å². The Hall–Kier alpha value is -1.65. The van der Waals surface area contributed by atoms with Gasteiger partial charge in [-0.05, 0) is 25.5 Å². The van der Waals surface area contributed by atoms with Crippen LogP contribution in [0.15, 0.2) is 18.3 Å². The number of carbonyl (C=O) groups excluding carboxylic acids is 1. The summed E-state index contributed by atoms with van der Waals surface area (Å²) in [7, 11) is 0. The molecule has 0 unspecified atom stereocenters. The lowest BCUT2D eigenvalue weighted by Crippen LogP contribution is -2.44. The molecule has 2 heterocycles. The minimum atomic E-state index is -0.379. The molecular formula is C11H14FN3O. The first-order valence-corrected chi connectivity index (χ1v) is 5.24. The molecular weight excluding hydrogens is 209 g/mol. The van der Waals surface area contributed by atoms with Crippen molar-refractivity contribution in [1.82, 2.24) is 10.3 Å². The number of halogens is 1. The van der Waals surface area contributed by atoms with Gasteiger partial charge in [0.15, 0.2) is 11.6 Å². The van der Waals surface area contributed by atoms with Crippen molar-refractivity contribution in [3.63, 3.8) is 0 Å². The molecule has 1 saturated heterocycles. The molecule has 1 aliphatic rings. The van der Waals surface area contributed by atoms with Crippen LogP contribution in [-0.4, -0.2) is 23.0 Å². The predicted octanol–water partition coefficient (Wildman–Crippen LogP) is 1.30. The number of hydrogen-bond donors (Lipinski definition) is 2. The number of hydrogen-bond acceptors (Lipinski definition) is 3. The van der Waals surface area contributed by atoms with Crippen LogP contribution >= 0.6 is 0 Å². The van der Waals surface area contributed by atoms with E-state index in [4.69, 9.17) is 0 Å². The number of carbonyl (C=O) groups is 1. The summed E-state index contributed by atoms with van der Waals surface area (Å²) in [5.74, 6) is -0.105. The van der Waals surface area contributed by atoms with E-state index in [0.29, 0.717) is 13.0 Å². The van der Waals surface area contributed by atoms with E-state index in [9.17, 15) is 9.18 Å². The third-order valence-corrected chi connectivity index (χ3v) is 2.75. The first-order chi connectivity index (χ1) is 7.59. The zero-order chi connectivity index (χ0) is 11.6. The number of nitrogens with one attached hydrogen (secondary N) is 2. The zero-order valence-electron chi connectivity index (χ0n) is 9.09. The number of rotatable bonds is 3. The minimum Gasteiger partial charge on any atom is -0.365 e. The maximum absolute atomic E-state index is 13.3. The van der Waals surface area contributed by atoms with Crippen molar-refractivity contribution in [2.24, 2.45) is 0 Å². The van der Waals surface area contributed by atoms with Crippen molar-refractivity contribution in [2.75, 3.05) is 11.9 Å². The second kappa shape index (κ2) is 4.08. The van der Waals surface area contributed by atoms with E-state index in [1.165, 1.54) is 12.3 Å². The van der Waals surface area contributed by atoms with Gasteiger partial charge in [-0.25, -0.2) is 9.37 Å². The fourth-order valence-electron chi connectivity index (χ4n) is 1.78. The van der Waals surface area contributed by atoms with Crippen LogP contribution in [0.2, 0.25) is 0 Å². The summed E-state index contributed by atoms with van der Waals surface area (Å²) in [6.45, 7) is 2.42. The number of nitrogens with zero attached hydrogens (tertiary/aromatic N) is 1. The van der Waals surface area contributed by atoms with Gasteiger partial charge in [0.2, 0.25) is 5.91 Å². The Labute approximate surface area is 93.3 Å². The van der Waals surface area contributed by atoms with E-state index >= 15 is 0 Å². The predicted molar refractivity (Wildman–Crippen MR) is 58.5 cm³/mol. The Bertz CT molecular complexity index is 410. The summed E-state index contributed by atoms with van der Waals surface area (Å²) in [6, 6.07) is 2.89. The summed E-state index contributed by atoms with van der Waals surface area (Å²) in [5, 5.41) is 5.78. The SMILES string of the molecule is C[C@@]1(CNc2ncccc2F)CCC(=O)N1. The summed E-state index contributed by atoms with van der Waals surface area (Å²) >= 11 is 0. The molecule has 4 nitrogen and oxygen atoms in total. The van der Waals surface area contributed by atoms with E-state index in [1.807, 2.05) is 6.92 Å². The fraction of sp³-hybridized carbons (Fsp3) is 0.455. The van der Waals surface area contributed by atoms with Crippen LogP contribution in [-0.2, 0) is 4.79 Å². The fourth-order valence-corrected chi connectivity index (χ4v) is 1.78. The topological polar surface area (TPSA) is 54.0 Å². The van der Waals surface area contributed by atoms with Gasteiger partial charge in [-0.3, -0.25) is 4.79 Å². The summed E-state index contributed by atoms with van der Waals surface area (Å²) in [6.07, 6.45) is 2.82. The lowest BCUT2D eigenvalue weighted by Gasteiger charge is -2.24. The van der Waals surface area contributed by atoms with Crippen molar-refractivity contribution in [2.45, 2.75) is 25.3 Å². The molecule has 1 fully saturated rings. The molecule has 1 aromatic rings. The summed E-state index contributed by atoms with van der Waals surface area (Å²) in [4.78, 5) is 15.0. The molecule has 2 N–H and O–H groups in total. The van der Waals surface area contributed by atoms with Crippen molar-refractivity contribution in [3.8, 4) is 0 Å². The van der Waals surface area contributed by atoms with Crippen LogP contribution in [0, 0.1) is 5.82 Å². The highest BCUT2D eigenvalue weighted by Gasteiger charge is 2.32. The first kappa shape index (κ1) is 10.9. The van der Waals surface area contributed by atoms with Gasteiger partial charge in [-0.2, -0.15) is 0 Å². The van der Waals surface area contributed by atoms with Crippen molar-refractivity contribution < 1.29 is 9.18 Å². The minimum absolute atomic E-state index is 0.0470. The highest BCUT2D eigenvalue weighted by atomic mass is 19.1. The molecule has 16 heavy (non-hydrogen) atoms. The highest BCUT2D eigenvalue weighted by Crippen LogP contribution is 2.20. The summed E-state index contributed by atoms with van der Waals surface area (Å²) in [5.41, 5.74) is -0.305. The largest absolute Gasteiger partial charge is 0.365 e. The van der Waals surface area contributed by atoms with E-state index in [2.05, 4.69) is 15.6 Å². The highest BCUT2D eigenvalue weighted by molar-refractivity contribution is 5.79. The second-order valence-electron chi connectivity index (χ2n) is 4.30. The first-order valence-electron chi connectivity index (χ1n) is 5.24. The lowest BCUT2D eigenvalue weighted by molar-refractivity contribution is -0.119. The van der Waals surface area contributed by atoms with Crippen molar-refractivity contribution >= 4 is 11.7 Å². The molecule has 0 spiro atoms. The Morgan fingerprint density at radius 2 is 2.50 bits per heavy atom. The van der Waals surface area contributed by atoms with E-state index < -0.39 is 0 Å². The van der Waals surface area contributed by atoms with E-state index in [0.717, 1.165) is 6.42 Å². The number of pyridine rings is 1. The van der Waals surface area contributed by atoms with Crippen LogP contribution in [0.5, 0.6) is 0 Å². The van der Waals surface area contributed by atoms with Crippen molar-refractivity contribution in [3.05, 3.63) is 24.1 Å². The molecule has 86 valence electrons. The van der Waals surface area contributed by atoms with Crippen LogP contribution in [0.4, 0.5) is 10.2 Å². The Kier molecular flexibility index (Phi) is 2.77. The smallest absolute Gasteiger partial charge is 0.220 e. The molecule has 1 amide bonds. The Morgan fingerprint density at radius 1 is 1.69 bits per heavy atom. The average molecular weight is 223 g/mol. The lowest BCUT2D eigenvalue weighted by atomic mass is 10.0. The van der Waals surface area contributed by atoms with Gasteiger partial charge in [0.25, 0.3) is 0 Å². The Balaban J connectivity index is 1.97. The van der Waals surface area contributed by atoms with Gasteiger partial charge in [0, 0.05) is 19.2 Å². The monoisotopic (exact) mass is 223 g/mol. The van der Waals surface area contributed by atoms with Gasteiger partial charge in [0.1, 0.15) is 0 Å². The molecule has 0 radical (unpaired) electrons. The van der Waals surface area contributed by atoms with Gasteiger partial charge in [-0.1, -0.05) is 0 Å². The Morgan fingerprint density at radius 3 is 3.12 bits per heavy atom. The molecule has 2 rings (SSSR count). The van der Waals surface area contributed by atoms with Gasteiger partial charge in [-0.15, -0.1) is 0 Å². The molecule has 0 aliphatic carbocycles. The molecule has 0 aromatic carbocycles. The van der Waals surface area contributed by atoms with Crippen LogP contribution in [0.1, 0.15) is 19.8 Å². The summed E-state index contributed by atoms with van der Waals surface area (Å²) < 4.78 is 13.3. The van der Waals surface area contributed by atoms with Crippen molar-refractivity contribution in [1.29, 1.82) is 0 Å². The van der Waals surface area contributed by atoms with Gasteiger partial charge >= 0.3 is 0 Å².